The van der Waals surface area contributed by atoms with E-state index in [1.807, 2.05) is 0 Å². The Balaban J connectivity index is 2.31. The van der Waals surface area contributed by atoms with Gasteiger partial charge >= 0.3 is 5.97 Å². The minimum Gasteiger partial charge on any atom is -0.478 e. The van der Waals surface area contributed by atoms with E-state index in [1.165, 1.54) is 18.2 Å². The van der Waals surface area contributed by atoms with Crippen molar-refractivity contribution < 1.29 is 23.1 Å². The van der Waals surface area contributed by atoms with Crippen molar-refractivity contribution in [3.05, 3.63) is 93.5 Å². The van der Waals surface area contributed by atoms with Crippen LogP contribution in [0.5, 0.6) is 0 Å². The molecule has 0 unspecified atom stereocenters. The predicted molar refractivity (Wildman–Crippen MR) is 111 cm³/mol. The van der Waals surface area contributed by atoms with Crippen LogP contribution in [0.4, 0.5) is 0 Å². The summed E-state index contributed by atoms with van der Waals surface area (Å²) in [6.45, 7) is 0. The molecule has 0 aromatic heterocycles. The van der Waals surface area contributed by atoms with Gasteiger partial charge in [-0.2, -0.15) is 0 Å². The lowest BCUT2D eigenvalue weighted by Gasteiger charge is -2.16. The van der Waals surface area contributed by atoms with Crippen molar-refractivity contribution >= 4 is 37.6 Å². The van der Waals surface area contributed by atoms with Crippen LogP contribution >= 0.6 is 15.9 Å². The molecule has 0 heterocycles. The molecule has 0 aliphatic carbocycles. The molecule has 0 radical (unpaired) electrons. The van der Waals surface area contributed by atoms with Gasteiger partial charge in [-0.15, -0.1) is 0 Å². The maximum Gasteiger partial charge on any atom is 0.336 e. The number of rotatable bonds is 6. The number of amides is 1. The summed E-state index contributed by atoms with van der Waals surface area (Å²) in [6.07, 6.45) is 0.0331. The number of carboxylic acids is 1. The van der Waals surface area contributed by atoms with Crippen LogP contribution in [0.1, 0.15) is 31.8 Å². The number of sulfone groups is 1. The Kier molecular flexibility index (Phi) is 5.86. The Morgan fingerprint density at radius 2 is 1.55 bits per heavy atom. The number of nitrogens with two attached hydrogens (primary N) is 1. The highest BCUT2D eigenvalue weighted by molar-refractivity contribution is 9.10. The van der Waals surface area contributed by atoms with Gasteiger partial charge < -0.3 is 10.8 Å². The number of halogens is 1. The third-order valence-corrected chi connectivity index (χ3v) is 6.77. The molecule has 29 heavy (non-hydrogen) atoms. The SMILES string of the molecule is NC(=O)c1c(C(=O)O)ccc(S(=O)(=O)c2ccc(Br)cc2)c1Cc1ccccc1. The van der Waals surface area contributed by atoms with E-state index in [4.69, 9.17) is 5.73 Å². The minimum atomic E-state index is -4.03. The van der Waals surface area contributed by atoms with E-state index < -0.39 is 21.7 Å². The van der Waals surface area contributed by atoms with Crippen LogP contribution in [-0.4, -0.2) is 25.4 Å². The van der Waals surface area contributed by atoms with Gasteiger partial charge in [0.25, 0.3) is 0 Å². The number of benzene rings is 3. The Bertz CT molecular complexity index is 1190. The van der Waals surface area contributed by atoms with E-state index in [0.29, 0.717) is 10.0 Å². The summed E-state index contributed by atoms with van der Waals surface area (Å²) in [7, 11) is -4.03. The molecule has 0 aliphatic rings. The fraction of sp³-hybridized carbons (Fsp3) is 0.0476. The zero-order valence-electron chi connectivity index (χ0n) is 15.0. The first-order chi connectivity index (χ1) is 13.7. The smallest absolute Gasteiger partial charge is 0.336 e. The Morgan fingerprint density at radius 1 is 0.931 bits per heavy atom. The zero-order chi connectivity index (χ0) is 21.2. The third kappa shape index (κ3) is 4.23. The van der Waals surface area contributed by atoms with Gasteiger partial charge in [0.1, 0.15) is 0 Å². The van der Waals surface area contributed by atoms with Crippen molar-refractivity contribution in [2.45, 2.75) is 16.2 Å². The van der Waals surface area contributed by atoms with E-state index in [2.05, 4.69) is 15.9 Å². The summed E-state index contributed by atoms with van der Waals surface area (Å²) < 4.78 is 27.3. The number of carbonyl (C=O) groups excluding carboxylic acids is 1. The molecule has 0 saturated heterocycles. The Labute approximate surface area is 176 Å². The van der Waals surface area contributed by atoms with Crippen molar-refractivity contribution in [1.82, 2.24) is 0 Å². The molecule has 1 amide bonds. The number of hydrogen-bond acceptors (Lipinski definition) is 4. The lowest BCUT2D eigenvalue weighted by molar-refractivity contribution is 0.0691. The van der Waals surface area contributed by atoms with Gasteiger partial charge in [0.05, 0.1) is 20.9 Å². The summed E-state index contributed by atoms with van der Waals surface area (Å²) in [5, 5.41) is 9.48. The molecule has 0 atom stereocenters. The van der Waals surface area contributed by atoms with Gasteiger partial charge in [0, 0.05) is 4.47 Å². The molecule has 148 valence electrons. The highest BCUT2D eigenvalue weighted by Gasteiger charge is 2.28. The summed E-state index contributed by atoms with van der Waals surface area (Å²) in [6, 6.07) is 17.2. The van der Waals surface area contributed by atoms with Crippen molar-refractivity contribution in [3.8, 4) is 0 Å². The van der Waals surface area contributed by atoms with Crippen LogP contribution in [0.25, 0.3) is 0 Å². The lowest BCUT2D eigenvalue weighted by Crippen LogP contribution is -2.21. The zero-order valence-corrected chi connectivity index (χ0v) is 17.4. The number of carbonyl (C=O) groups is 2. The van der Waals surface area contributed by atoms with Crippen molar-refractivity contribution in [3.63, 3.8) is 0 Å². The van der Waals surface area contributed by atoms with E-state index in [9.17, 15) is 23.1 Å². The quantitative estimate of drug-likeness (QED) is 0.566. The topological polar surface area (TPSA) is 115 Å². The molecule has 8 heteroatoms. The van der Waals surface area contributed by atoms with Crippen molar-refractivity contribution in [2.75, 3.05) is 0 Å². The number of carboxylic acid groups (broad SMARTS) is 1. The first-order valence-electron chi connectivity index (χ1n) is 8.45. The minimum absolute atomic E-state index is 0.0218. The second-order valence-corrected chi connectivity index (χ2v) is 9.09. The molecule has 3 aromatic carbocycles. The van der Waals surface area contributed by atoms with Crippen LogP contribution in [0.3, 0.4) is 0 Å². The average molecular weight is 474 g/mol. The number of primary amides is 1. The first-order valence-corrected chi connectivity index (χ1v) is 10.7. The molecule has 3 aromatic rings. The van der Waals surface area contributed by atoms with Gasteiger partial charge in [-0.3, -0.25) is 4.79 Å². The normalized spacial score (nSPS) is 11.2. The van der Waals surface area contributed by atoms with Crippen LogP contribution < -0.4 is 5.73 Å². The molecule has 0 bridgehead atoms. The molecule has 3 rings (SSSR count). The summed E-state index contributed by atoms with van der Waals surface area (Å²) >= 11 is 3.26. The third-order valence-electron chi connectivity index (χ3n) is 4.38. The molecule has 0 fully saturated rings. The largest absolute Gasteiger partial charge is 0.478 e. The van der Waals surface area contributed by atoms with Crippen LogP contribution in [0.2, 0.25) is 0 Å². The molecule has 6 nitrogen and oxygen atoms in total. The van der Waals surface area contributed by atoms with Gasteiger partial charge in [-0.1, -0.05) is 46.3 Å². The molecular formula is C21H16BrNO5S. The summed E-state index contributed by atoms with van der Waals surface area (Å²) in [4.78, 5) is 23.7. The molecule has 3 N–H and O–H groups in total. The van der Waals surface area contributed by atoms with E-state index in [1.54, 1.807) is 42.5 Å². The van der Waals surface area contributed by atoms with Gasteiger partial charge in [-0.25, -0.2) is 13.2 Å². The van der Waals surface area contributed by atoms with Crippen molar-refractivity contribution in [1.29, 1.82) is 0 Å². The summed E-state index contributed by atoms with van der Waals surface area (Å²) in [5.41, 5.74) is 5.61. The van der Waals surface area contributed by atoms with E-state index in [-0.39, 0.29) is 32.9 Å². The highest BCUT2D eigenvalue weighted by atomic mass is 79.9. The standard InChI is InChI=1S/C21H16BrNO5S/c22-14-6-8-15(9-7-14)29(27,28)18-11-10-16(21(25)26)19(20(23)24)17(18)12-13-4-2-1-3-5-13/h1-11H,12H2,(H2,23,24)(H,25,26). The van der Waals surface area contributed by atoms with Crippen molar-refractivity contribution in [2.24, 2.45) is 5.73 Å². The van der Waals surface area contributed by atoms with Crippen LogP contribution in [0, 0.1) is 0 Å². The van der Waals surface area contributed by atoms with Crippen LogP contribution in [0.15, 0.2) is 81.0 Å². The fourth-order valence-corrected chi connectivity index (χ4v) is 4.81. The van der Waals surface area contributed by atoms with Gasteiger partial charge in [0.2, 0.25) is 15.7 Å². The molecule has 0 aliphatic heterocycles. The Hall–Kier alpha value is -2.97. The molecule has 0 saturated carbocycles. The van der Waals surface area contributed by atoms with E-state index in [0.717, 1.165) is 6.07 Å². The van der Waals surface area contributed by atoms with Crippen LogP contribution in [-0.2, 0) is 16.3 Å². The number of aromatic carboxylic acids is 1. The highest BCUT2D eigenvalue weighted by Crippen LogP contribution is 2.31. The average Bonchev–Trinajstić information content (AvgIpc) is 2.68. The first kappa shape index (κ1) is 20.8. The van der Waals surface area contributed by atoms with Gasteiger partial charge in [0.15, 0.2) is 0 Å². The maximum absolute atomic E-state index is 13.3. The molecule has 0 spiro atoms. The number of hydrogen-bond donors (Lipinski definition) is 2. The lowest BCUT2D eigenvalue weighted by atomic mass is 9.95. The predicted octanol–water partition coefficient (Wildman–Crippen LogP) is 3.67. The molecular weight excluding hydrogens is 458 g/mol. The second kappa shape index (κ2) is 8.18. The second-order valence-electron chi connectivity index (χ2n) is 6.25. The van der Waals surface area contributed by atoms with Gasteiger partial charge in [-0.05, 0) is 53.9 Å². The monoisotopic (exact) mass is 473 g/mol. The maximum atomic E-state index is 13.3. The Morgan fingerprint density at radius 3 is 2.10 bits per heavy atom. The summed E-state index contributed by atoms with van der Waals surface area (Å²) in [5.74, 6) is -2.36. The van der Waals surface area contributed by atoms with E-state index >= 15 is 0 Å². The fourth-order valence-electron chi connectivity index (χ4n) is 3.06.